The molecule has 49 heavy (non-hydrogen) atoms. The van der Waals surface area contributed by atoms with Gasteiger partial charge in [-0.05, 0) is 0 Å². The molecule has 7 nitrogen and oxygen atoms in total. The molecule has 6 aromatic carbocycles. The number of rotatable bonds is 14. The van der Waals surface area contributed by atoms with Crippen molar-refractivity contribution in [3.05, 3.63) is 158 Å². The molecule has 9 heteroatoms. The molecule has 0 atom stereocenters. The third-order valence-corrected chi connectivity index (χ3v) is 28.6. The first-order chi connectivity index (χ1) is 24.0. The normalized spacial score (nSPS) is 12.0. The van der Waals surface area contributed by atoms with Crippen LogP contribution >= 0.6 is 0 Å². The van der Waals surface area contributed by atoms with Crippen LogP contribution in [0.2, 0.25) is 0 Å². The van der Waals surface area contributed by atoms with Crippen molar-refractivity contribution < 1.29 is 26.6 Å². The van der Waals surface area contributed by atoms with Gasteiger partial charge < -0.3 is 0 Å². The Hall–Kier alpha value is -4.34. The molecule has 0 spiro atoms. The molecule has 252 valence electrons. The summed E-state index contributed by atoms with van der Waals surface area (Å²) in [5, 5.41) is 0. The predicted molar refractivity (Wildman–Crippen MR) is 197 cm³/mol. The molecule has 0 bridgehead atoms. The van der Waals surface area contributed by atoms with Gasteiger partial charge in [0.15, 0.2) is 0 Å². The first-order valence-electron chi connectivity index (χ1n) is 15.4. The van der Waals surface area contributed by atoms with E-state index in [9.17, 15) is 0 Å². The summed E-state index contributed by atoms with van der Waals surface area (Å²) in [4.78, 5) is 0. The molecule has 0 aromatic heterocycles. The van der Waals surface area contributed by atoms with E-state index in [1.165, 1.54) is 0 Å². The Labute approximate surface area is 297 Å². The number of para-hydroxylation sites is 2. The monoisotopic (exact) mass is 890 g/mol. The second kappa shape index (κ2) is 15.9. The predicted octanol–water partition coefficient (Wildman–Crippen LogP) is 5.71. The number of benzene rings is 6. The molecule has 0 radical (unpaired) electrons. The summed E-state index contributed by atoms with van der Waals surface area (Å²) in [5.74, 6) is 4.30. The fourth-order valence-electron chi connectivity index (χ4n) is 5.03. The zero-order valence-corrected chi connectivity index (χ0v) is 32.3. The van der Waals surface area contributed by atoms with Gasteiger partial charge in [0.05, 0.1) is 0 Å². The van der Waals surface area contributed by atoms with E-state index in [1.807, 2.05) is 158 Å². The zero-order valence-electron chi connectivity index (χ0n) is 27.7. The number of ether oxygens (including phenoxy) is 4. The van der Waals surface area contributed by atoms with E-state index in [4.69, 9.17) is 26.6 Å². The van der Waals surface area contributed by atoms with Crippen molar-refractivity contribution in [2.45, 2.75) is 0 Å². The van der Waals surface area contributed by atoms with Gasteiger partial charge in [-0.25, -0.2) is 0 Å². The van der Waals surface area contributed by atoms with Crippen LogP contribution in [-0.2, 0) is 1.47 Å². The van der Waals surface area contributed by atoms with E-state index in [0.29, 0.717) is 11.5 Å². The molecule has 0 aliphatic rings. The van der Waals surface area contributed by atoms with E-state index in [0.717, 1.165) is 37.4 Å². The van der Waals surface area contributed by atoms with E-state index in [2.05, 4.69) is 0 Å². The Balaban J connectivity index is 1.69. The third-order valence-electron chi connectivity index (χ3n) is 7.58. The van der Waals surface area contributed by atoms with E-state index in [1.54, 1.807) is 28.4 Å². The van der Waals surface area contributed by atoms with Crippen LogP contribution in [0.4, 0.5) is 0 Å². The fourth-order valence-corrected chi connectivity index (χ4v) is 29.6. The summed E-state index contributed by atoms with van der Waals surface area (Å²) >= 11 is -9.19. The fraction of sp³-hybridized carbons (Fsp3) is 0.100. The van der Waals surface area contributed by atoms with Crippen LogP contribution in [0.15, 0.2) is 158 Å². The second-order valence-corrected chi connectivity index (χ2v) is 25.6. The molecule has 0 N–H and O–H groups in total. The summed E-state index contributed by atoms with van der Waals surface area (Å²) in [6, 6.07) is 51.6. The van der Waals surface area contributed by atoms with Crippen LogP contribution in [0.3, 0.4) is 0 Å². The van der Waals surface area contributed by atoms with Gasteiger partial charge in [-0.2, -0.15) is 0 Å². The van der Waals surface area contributed by atoms with Crippen LogP contribution in [0, 0.1) is 0 Å². The maximum absolute atomic E-state index is 8.04. The van der Waals surface area contributed by atoms with E-state index >= 15 is 0 Å². The molecule has 0 aliphatic heterocycles. The average molecular weight is 886 g/mol. The van der Waals surface area contributed by atoms with Gasteiger partial charge in [-0.15, -0.1) is 0 Å². The standard InChI is InChI=1S/C40H38O7Te2/c1-41-31-15-23-37(24-16-31)48(45-35-11-7-5-8-12-35,38-25-17-32(42-2)18-26-38)47-49(46-36-13-9-6-10-14-36,39-27-19-33(43-3)20-28-39)40-29-21-34(44-4)22-30-40/h5-30H,1-4H3. The maximum atomic E-state index is 8.04. The molecular formula is C40H38O7Te2. The van der Waals surface area contributed by atoms with Gasteiger partial charge in [0.1, 0.15) is 0 Å². The Bertz CT molecular complexity index is 1660. The first-order valence-corrected chi connectivity index (χ1v) is 23.9. The molecule has 0 amide bonds. The van der Waals surface area contributed by atoms with Crippen LogP contribution in [-0.4, -0.2) is 66.4 Å². The van der Waals surface area contributed by atoms with Gasteiger partial charge in [0.25, 0.3) is 0 Å². The molecule has 0 unspecified atom stereocenters. The van der Waals surface area contributed by atoms with E-state index in [-0.39, 0.29) is 0 Å². The quantitative estimate of drug-likeness (QED) is 0.130. The Kier molecular flexibility index (Phi) is 11.2. The molecular weight excluding hydrogens is 848 g/mol. The first kappa shape index (κ1) is 34.5. The third kappa shape index (κ3) is 7.63. The average Bonchev–Trinajstić information content (AvgIpc) is 3.18. The van der Waals surface area contributed by atoms with Crippen molar-refractivity contribution in [2.75, 3.05) is 28.4 Å². The van der Waals surface area contributed by atoms with Crippen molar-refractivity contribution in [1.29, 1.82) is 0 Å². The van der Waals surface area contributed by atoms with Crippen LogP contribution in [0.1, 0.15) is 0 Å². The molecule has 0 aliphatic carbocycles. The van der Waals surface area contributed by atoms with Crippen LogP contribution in [0.5, 0.6) is 34.5 Å². The summed E-state index contributed by atoms with van der Waals surface area (Å²) in [7, 11) is 6.63. The van der Waals surface area contributed by atoms with Gasteiger partial charge in [0, 0.05) is 0 Å². The van der Waals surface area contributed by atoms with Gasteiger partial charge in [-0.1, -0.05) is 0 Å². The van der Waals surface area contributed by atoms with Crippen LogP contribution in [0.25, 0.3) is 0 Å². The van der Waals surface area contributed by atoms with Gasteiger partial charge in [0.2, 0.25) is 0 Å². The van der Waals surface area contributed by atoms with Gasteiger partial charge in [-0.3, -0.25) is 0 Å². The number of hydrogen-bond acceptors (Lipinski definition) is 7. The minimum atomic E-state index is -4.60. The van der Waals surface area contributed by atoms with Crippen LogP contribution < -0.4 is 39.6 Å². The molecule has 6 aromatic rings. The Morgan fingerprint density at radius 3 is 0.755 bits per heavy atom. The Morgan fingerprint density at radius 1 is 0.286 bits per heavy atom. The van der Waals surface area contributed by atoms with Crippen molar-refractivity contribution in [1.82, 2.24) is 0 Å². The Morgan fingerprint density at radius 2 is 0.531 bits per heavy atom. The summed E-state index contributed by atoms with van der Waals surface area (Å²) in [6.07, 6.45) is 0. The summed E-state index contributed by atoms with van der Waals surface area (Å²) < 4.78 is 48.8. The van der Waals surface area contributed by atoms with E-state index < -0.39 is 38.0 Å². The molecule has 0 saturated carbocycles. The van der Waals surface area contributed by atoms with Crippen molar-refractivity contribution in [3.8, 4) is 34.5 Å². The number of hydrogen-bond donors (Lipinski definition) is 0. The SMILES string of the molecule is COc1ccc([Te](Oc2ccccc2)(O[Te](Oc2ccccc2)(c2ccc(OC)cc2)c2ccc(OC)cc2)c2ccc(OC)cc2)cc1. The molecule has 0 heterocycles. The molecule has 0 fully saturated rings. The molecule has 0 saturated heterocycles. The van der Waals surface area contributed by atoms with Gasteiger partial charge >= 0.3 is 300 Å². The second-order valence-electron chi connectivity index (χ2n) is 10.6. The zero-order chi connectivity index (χ0) is 34.1. The number of methoxy groups -OCH3 is 4. The van der Waals surface area contributed by atoms with Crippen molar-refractivity contribution >= 4 is 52.4 Å². The minimum absolute atomic E-state index is 0.691. The summed E-state index contributed by atoms with van der Waals surface area (Å²) in [6.45, 7) is 0. The molecule has 6 rings (SSSR count). The van der Waals surface area contributed by atoms with Crippen molar-refractivity contribution in [3.63, 3.8) is 0 Å². The summed E-state index contributed by atoms with van der Waals surface area (Å²) in [5.41, 5.74) is 0. The topological polar surface area (TPSA) is 64.6 Å². The van der Waals surface area contributed by atoms with Crippen molar-refractivity contribution in [2.24, 2.45) is 0 Å².